The molecule has 2 atom stereocenters. The first kappa shape index (κ1) is 18.3. The van der Waals surface area contributed by atoms with Crippen molar-refractivity contribution in [3.63, 3.8) is 0 Å². The molecule has 9 heteroatoms. The normalized spacial score (nSPS) is 20.3. The maximum Gasteiger partial charge on any atom is 0.319 e. The van der Waals surface area contributed by atoms with Crippen LogP contribution < -0.4 is 10.1 Å². The van der Waals surface area contributed by atoms with E-state index in [1.165, 1.54) is 0 Å². The summed E-state index contributed by atoms with van der Waals surface area (Å²) in [7, 11) is 5.13. The Morgan fingerprint density at radius 3 is 2.50 bits per heavy atom. The minimum atomic E-state index is -0.290. The number of urea groups is 1. The lowest BCUT2D eigenvalue weighted by Gasteiger charge is -2.25. The highest BCUT2D eigenvalue weighted by Crippen LogP contribution is 2.33. The van der Waals surface area contributed by atoms with Crippen LogP contribution in [0.15, 0.2) is 24.3 Å². The Labute approximate surface area is 163 Å². The number of amides is 3. The van der Waals surface area contributed by atoms with Gasteiger partial charge in [0.15, 0.2) is 0 Å². The summed E-state index contributed by atoms with van der Waals surface area (Å²) in [6.07, 6.45) is 0.727. The van der Waals surface area contributed by atoms with Gasteiger partial charge in [-0.3, -0.25) is 4.79 Å². The Kier molecular flexibility index (Phi) is 4.66. The summed E-state index contributed by atoms with van der Waals surface area (Å²) in [5.41, 5.74) is 0.667. The summed E-state index contributed by atoms with van der Waals surface area (Å²) in [5, 5.41) is 11.2. The maximum atomic E-state index is 12.7. The van der Waals surface area contributed by atoms with Crippen molar-refractivity contribution in [1.82, 2.24) is 24.6 Å². The molecule has 28 heavy (non-hydrogen) atoms. The molecule has 3 heterocycles. The fourth-order valence-corrected chi connectivity index (χ4v) is 3.99. The molecule has 148 valence electrons. The Balaban J connectivity index is 1.47. The summed E-state index contributed by atoms with van der Waals surface area (Å²) >= 11 is 0. The van der Waals surface area contributed by atoms with Crippen molar-refractivity contribution in [2.45, 2.75) is 13.0 Å². The number of likely N-dealkylation sites (tertiary alicyclic amines) is 1. The lowest BCUT2D eigenvalue weighted by molar-refractivity contribution is 0.100. The molecule has 1 saturated heterocycles. The van der Waals surface area contributed by atoms with Gasteiger partial charge in [0.25, 0.3) is 5.91 Å². The van der Waals surface area contributed by atoms with Crippen LogP contribution in [-0.4, -0.2) is 70.8 Å². The van der Waals surface area contributed by atoms with Gasteiger partial charge in [0, 0.05) is 45.8 Å². The second kappa shape index (κ2) is 7.14. The largest absolute Gasteiger partial charge is 0.497 e. The zero-order valence-corrected chi connectivity index (χ0v) is 16.3. The molecule has 0 bridgehead atoms. The van der Waals surface area contributed by atoms with Gasteiger partial charge in [0.2, 0.25) is 5.82 Å². The topological polar surface area (TPSA) is 92.6 Å². The number of ether oxygens (including phenoxy) is 1. The number of nitrogens with one attached hydrogen (secondary N) is 1. The van der Waals surface area contributed by atoms with E-state index in [9.17, 15) is 9.59 Å². The van der Waals surface area contributed by atoms with Crippen LogP contribution in [0.2, 0.25) is 0 Å². The van der Waals surface area contributed by atoms with Gasteiger partial charge >= 0.3 is 6.03 Å². The number of carbonyl (C=O) groups excluding carboxylic acids is 2. The number of nitrogens with zero attached hydrogens (tertiary/aromatic N) is 5. The Bertz CT molecular complexity index is 892. The lowest BCUT2D eigenvalue weighted by atomic mass is 9.89. The van der Waals surface area contributed by atoms with Crippen LogP contribution in [-0.2, 0) is 13.0 Å². The van der Waals surface area contributed by atoms with Crippen LogP contribution >= 0.6 is 0 Å². The van der Waals surface area contributed by atoms with Crippen molar-refractivity contribution >= 4 is 17.6 Å². The first-order valence-electron chi connectivity index (χ1n) is 9.30. The van der Waals surface area contributed by atoms with Crippen LogP contribution in [0.1, 0.15) is 16.4 Å². The van der Waals surface area contributed by atoms with Gasteiger partial charge in [-0.25, -0.2) is 4.79 Å². The zero-order valence-electron chi connectivity index (χ0n) is 16.3. The van der Waals surface area contributed by atoms with E-state index in [-0.39, 0.29) is 11.9 Å². The zero-order chi connectivity index (χ0) is 19.8. The van der Waals surface area contributed by atoms with Crippen molar-refractivity contribution in [3.8, 4) is 5.75 Å². The summed E-state index contributed by atoms with van der Waals surface area (Å²) in [5.74, 6) is 2.21. The highest BCUT2D eigenvalue weighted by atomic mass is 16.5. The van der Waals surface area contributed by atoms with E-state index in [0.717, 1.165) is 24.5 Å². The minimum Gasteiger partial charge on any atom is -0.497 e. The van der Waals surface area contributed by atoms with Gasteiger partial charge in [-0.15, -0.1) is 10.2 Å². The van der Waals surface area contributed by atoms with E-state index in [4.69, 9.17) is 4.74 Å². The molecule has 2 aliphatic heterocycles. The summed E-state index contributed by atoms with van der Waals surface area (Å²) in [4.78, 5) is 28.5. The molecule has 2 aliphatic rings. The fourth-order valence-electron chi connectivity index (χ4n) is 3.99. The van der Waals surface area contributed by atoms with E-state index in [0.29, 0.717) is 36.4 Å². The molecular weight excluding hydrogens is 360 g/mol. The molecule has 1 fully saturated rings. The average molecular weight is 384 g/mol. The number of hydrogen-bond acceptors (Lipinski definition) is 5. The summed E-state index contributed by atoms with van der Waals surface area (Å²) in [6, 6.07) is 7.16. The molecule has 3 amide bonds. The summed E-state index contributed by atoms with van der Waals surface area (Å²) < 4.78 is 7.02. The molecule has 1 aromatic carbocycles. The van der Waals surface area contributed by atoms with Gasteiger partial charge in [-0.05, 0) is 36.1 Å². The molecule has 0 radical (unpaired) electrons. The van der Waals surface area contributed by atoms with E-state index < -0.39 is 0 Å². The standard InChI is InChI=1S/C19H24N6O3/c1-23(2)19(27)24-9-12-8-16-21-22-17(25(16)11-13(12)10-24)18(26)20-14-4-6-15(28-3)7-5-14/h4-7,12-13H,8-11H2,1-3H3,(H,20,26)/t12-,13+/m0/s1. The van der Waals surface area contributed by atoms with Gasteiger partial charge in [0.05, 0.1) is 7.11 Å². The summed E-state index contributed by atoms with van der Waals surface area (Å²) in [6.45, 7) is 2.07. The Hall–Kier alpha value is -3.10. The fraction of sp³-hybridized carbons (Fsp3) is 0.474. The quantitative estimate of drug-likeness (QED) is 0.862. The van der Waals surface area contributed by atoms with Gasteiger partial charge < -0.3 is 24.4 Å². The van der Waals surface area contributed by atoms with E-state index in [2.05, 4.69) is 15.5 Å². The first-order chi connectivity index (χ1) is 13.5. The number of aromatic nitrogens is 3. The first-order valence-corrected chi connectivity index (χ1v) is 9.30. The molecule has 1 aromatic heterocycles. The van der Waals surface area contributed by atoms with Crippen molar-refractivity contribution in [3.05, 3.63) is 35.9 Å². The number of hydrogen-bond donors (Lipinski definition) is 1. The number of rotatable bonds is 3. The second-order valence-electron chi connectivity index (χ2n) is 7.54. The number of carbonyl (C=O) groups is 2. The van der Waals surface area contributed by atoms with Crippen LogP contribution in [0.5, 0.6) is 5.75 Å². The maximum absolute atomic E-state index is 12.7. The molecule has 0 unspecified atom stereocenters. The molecule has 1 N–H and O–H groups in total. The van der Waals surface area contributed by atoms with Crippen LogP contribution in [0.4, 0.5) is 10.5 Å². The number of benzene rings is 1. The Morgan fingerprint density at radius 1 is 1.11 bits per heavy atom. The third-order valence-electron chi connectivity index (χ3n) is 5.47. The highest BCUT2D eigenvalue weighted by Gasteiger charge is 2.41. The van der Waals surface area contributed by atoms with Crippen LogP contribution in [0.25, 0.3) is 0 Å². The van der Waals surface area contributed by atoms with Crippen LogP contribution in [0, 0.1) is 11.8 Å². The van der Waals surface area contributed by atoms with Crippen molar-refractivity contribution in [1.29, 1.82) is 0 Å². The molecule has 0 aliphatic carbocycles. The number of fused-ring (bicyclic) bond motifs is 2. The van der Waals surface area contributed by atoms with Crippen molar-refractivity contribution < 1.29 is 14.3 Å². The number of anilines is 1. The molecule has 0 spiro atoms. The minimum absolute atomic E-state index is 0.0302. The molecule has 0 saturated carbocycles. The predicted octanol–water partition coefficient (Wildman–Crippen LogP) is 1.32. The number of methoxy groups -OCH3 is 1. The smallest absolute Gasteiger partial charge is 0.319 e. The third kappa shape index (κ3) is 3.28. The van der Waals surface area contributed by atoms with E-state index in [1.807, 2.05) is 9.47 Å². The highest BCUT2D eigenvalue weighted by molar-refractivity contribution is 6.01. The SMILES string of the molecule is COc1ccc(NC(=O)c2nnc3n2C[C@H]2CN(C(=O)N(C)C)C[C@@H]2C3)cc1. The monoisotopic (exact) mass is 384 g/mol. The third-order valence-corrected chi connectivity index (χ3v) is 5.47. The van der Waals surface area contributed by atoms with Gasteiger partial charge in [0.1, 0.15) is 11.6 Å². The molecular formula is C19H24N6O3. The van der Waals surface area contributed by atoms with Crippen molar-refractivity contribution in [2.24, 2.45) is 11.8 Å². The molecule has 9 nitrogen and oxygen atoms in total. The lowest BCUT2D eigenvalue weighted by Crippen LogP contribution is -2.37. The van der Waals surface area contributed by atoms with Crippen molar-refractivity contribution in [2.75, 3.05) is 39.6 Å². The van der Waals surface area contributed by atoms with Crippen LogP contribution in [0.3, 0.4) is 0 Å². The van der Waals surface area contributed by atoms with E-state index in [1.54, 1.807) is 50.4 Å². The van der Waals surface area contributed by atoms with Gasteiger partial charge in [-0.2, -0.15) is 0 Å². The second-order valence-corrected chi connectivity index (χ2v) is 7.54. The van der Waals surface area contributed by atoms with Gasteiger partial charge in [-0.1, -0.05) is 0 Å². The van der Waals surface area contributed by atoms with E-state index >= 15 is 0 Å². The molecule has 4 rings (SSSR count). The molecule has 2 aromatic rings. The predicted molar refractivity (Wildman–Crippen MR) is 102 cm³/mol. The average Bonchev–Trinajstić information content (AvgIpc) is 3.29. The Morgan fingerprint density at radius 2 is 1.82 bits per heavy atom.